The second-order valence-corrected chi connectivity index (χ2v) is 8.36. The van der Waals surface area contributed by atoms with Crippen molar-refractivity contribution in [2.24, 2.45) is 0 Å². The lowest BCUT2D eigenvalue weighted by Crippen LogP contribution is -2.52. The van der Waals surface area contributed by atoms with E-state index in [1.165, 1.54) is 0 Å². The van der Waals surface area contributed by atoms with Crippen LogP contribution in [0.4, 0.5) is 0 Å². The van der Waals surface area contributed by atoms with Crippen LogP contribution in [-0.4, -0.2) is 28.8 Å². The maximum atomic E-state index is 13.2. The minimum Gasteiger partial charge on any atom is -0.352 e. The van der Waals surface area contributed by atoms with E-state index in [0.29, 0.717) is 35.9 Å². The van der Waals surface area contributed by atoms with Gasteiger partial charge in [-0.1, -0.05) is 73.4 Å². The predicted molar refractivity (Wildman–Crippen MR) is 124 cm³/mol. The Morgan fingerprint density at radius 3 is 2.30 bits per heavy atom. The fourth-order valence-electron chi connectivity index (χ4n) is 3.19. The Bertz CT molecular complexity index is 842. The molecular formula is C24H30Cl2N2O2. The van der Waals surface area contributed by atoms with Crippen LogP contribution >= 0.6 is 23.2 Å². The fourth-order valence-corrected chi connectivity index (χ4v) is 3.51. The van der Waals surface area contributed by atoms with Crippen molar-refractivity contribution in [3.8, 4) is 0 Å². The lowest BCUT2D eigenvalue weighted by atomic mass is 10.0. The molecule has 2 aromatic rings. The Kier molecular flexibility index (Phi) is 9.67. The number of benzene rings is 2. The maximum absolute atomic E-state index is 13.2. The van der Waals surface area contributed by atoms with Gasteiger partial charge in [0.05, 0.1) is 10.0 Å². The highest BCUT2D eigenvalue weighted by Crippen LogP contribution is 2.24. The van der Waals surface area contributed by atoms with Gasteiger partial charge in [-0.2, -0.15) is 0 Å². The van der Waals surface area contributed by atoms with Crippen LogP contribution in [0.1, 0.15) is 51.2 Å². The molecule has 2 atom stereocenters. The van der Waals surface area contributed by atoms with Crippen LogP contribution in [0.5, 0.6) is 0 Å². The molecule has 0 aliphatic heterocycles. The third-order valence-electron chi connectivity index (χ3n) is 5.07. The number of carbonyl (C=O) groups is 2. The molecule has 0 aromatic heterocycles. The number of amides is 2. The fraction of sp³-hybridized carbons (Fsp3) is 0.417. The lowest BCUT2D eigenvalue weighted by molar-refractivity contribution is -0.141. The van der Waals surface area contributed by atoms with Gasteiger partial charge in [-0.05, 0) is 43.0 Å². The Labute approximate surface area is 189 Å². The Balaban J connectivity index is 2.39. The highest BCUT2D eigenvalue weighted by molar-refractivity contribution is 6.42. The predicted octanol–water partition coefficient (Wildman–Crippen LogP) is 5.65. The lowest BCUT2D eigenvalue weighted by Gasteiger charge is -2.32. The van der Waals surface area contributed by atoms with Gasteiger partial charge in [0.1, 0.15) is 6.04 Å². The van der Waals surface area contributed by atoms with Gasteiger partial charge in [0, 0.05) is 25.4 Å². The molecule has 4 nitrogen and oxygen atoms in total. The molecule has 162 valence electrons. The molecule has 2 rings (SSSR count). The molecule has 0 heterocycles. The minimum atomic E-state index is -0.616. The molecule has 2 aromatic carbocycles. The number of rotatable bonds is 10. The smallest absolute Gasteiger partial charge is 0.243 e. The minimum absolute atomic E-state index is 0.0314. The number of nitrogens with zero attached hydrogens (tertiary/aromatic N) is 1. The largest absolute Gasteiger partial charge is 0.352 e. The van der Waals surface area contributed by atoms with Gasteiger partial charge in [0.25, 0.3) is 0 Å². The SMILES string of the molecule is CCCC(=O)N(Cc1ccc(Cl)c(Cl)c1)[C@@H](Cc1ccccc1)C(=O)N[C@@H](C)CC. The van der Waals surface area contributed by atoms with Crippen molar-refractivity contribution in [1.82, 2.24) is 10.2 Å². The highest BCUT2D eigenvalue weighted by Gasteiger charge is 2.30. The van der Waals surface area contributed by atoms with E-state index in [9.17, 15) is 9.59 Å². The van der Waals surface area contributed by atoms with Crippen molar-refractivity contribution in [1.29, 1.82) is 0 Å². The average Bonchev–Trinajstić information content (AvgIpc) is 2.73. The van der Waals surface area contributed by atoms with Gasteiger partial charge in [-0.25, -0.2) is 0 Å². The first-order valence-electron chi connectivity index (χ1n) is 10.4. The normalized spacial score (nSPS) is 12.8. The molecule has 0 aliphatic carbocycles. The molecule has 0 unspecified atom stereocenters. The summed E-state index contributed by atoms with van der Waals surface area (Å²) >= 11 is 12.2. The molecule has 0 spiro atoms. The van der Waals surface area contributed by atoms with E-state index >= 15 is 0 Å². The molecule has 6 heteroatoms. The van der Waals surface area contributed by atoms with E-state index in [-0.39, 0.29) is 17.9 Å². The monoisotopic (exact) mass is 448 g/mol. The van der Waals surface area contributed by atoms with Crippen LogP contribution in [0.3, 0.4) is 0 Å². The zero-order valence-corrected chi connectivity index (χ0v) is 19.3. The van der Waals surface area contributed by atoms with E-state index < -0.39 is 6.04 Å². The van der Waals surface area contributed by atoms with Crippen LogP contribution in [-0.2, 0) is 22.6 Å². The molecule has 2 amide bonds. The number of hydrogen-bond donors (Lipinski definition) is 1. The summed E-state index contributed by atoms with van der Waals surface area (Å²) in [6, 6.07) is 14.5. The van der Waals surface area contributed by atoms with Crippen LogP contribution in [0.2, 0.25) is 10.0 Å². The zero-order valence-electron chi connectivity index (χ0n) is 17.8. The summed E-state index contributed by atoms with van der Waals surface area (Å²) in [6.07, 6.45) is 2.35. The Hall–Kier alpha value is -2.04. The van der Waals surface area contributed by atoms with Gasteiger partial charge >= 0.3 is 0 Å². The third-order valence-corrected chi connectivity index (χ3v) is 5.81. The van der Waals surface area contributed by atoms with Crippen molar-refractivity contribution in [3.63, 3.8) is 0 Å². The molecule has 0 saturated heterocycles. The van der Waals surface area contributed by atoms with Crippen molar-refractivity contribution in [2.75, 3.05) is 0 Å². The second-order valence-electron chi connectivity index (χ2n) is 7.54. The van der Waals surface area contributed by atoms with Gasteiger partial charge in [0.15, 0.2) is 0 Å². The molecule has 0 saturated carbocycles. The zero-order chi connectivity index (χ0) is 22.1. The molecule has 1 N–H and O–H groups in total. The van der Waals surface area contributed by atoms with Gasteiger partial charge in [-0.3, -0.25) is 9.59 Å². The van der Waals surface area contributed by atoms with Gasteiger partial charge < -0.3 is 10.2 Å². The summed E-state index contributed by atoms with van der Waals surface area (Å²) in [4.78, 5) is 28.0. The van der Waals surface area contributed by atoms with E-state index in [4.69, 9.17) is 23.2 Å². The number of carbonyl (C=O) groups excluding carboxylic acids is 2. The highest BCUT2D eigenvalue weighted by atomic mass is 35.5. The van der Waals surface area contributed by atoms with E-state index in [0.717, 1.165) is 17.5 Å². The molecule has 30 heavy (non-hydrogen) atoms. The summed E-state index contributed by atoms with van der Waals surface area (Å²) < 4.78 is 0. The quantitative estimate of drug-likeness (QED) is 0.510. The van der Waals surface area contributed by atoms with Crippen molar-refractivity contribution < 1.29 is 9.59 Å². The van der Waals surface area contributed by atoms with Gasteiger partial charge in [0.2, 0.25) is 11.8 Å². The van der Waals surface area contributed by atoms with Crippen LogP contribution in [0, 0.1) is 0 Å². The van der Waals surface area contributed by atoms with Gasteiger partial charge in [-0.15, -0.1) is 0 Å². The first-order chi connectivity index (χ1) is 14.3. The summed E-state index contributed by atoms with van der Waals surface area (Å²) in [5.74, 6) is -0.193. The molecule has 0 fully saturated rings. The summed E-state index contributed by atoms with van der Waals surface area (Å²) in [5, 5.41) is 3.95. The number of nitrogens with one attached hydrogen (secondary N) is 1. The van der Waals surface area contributed by atoms with Crippen LogP contribution in [0.25, 0.3) is 0 Å². The summed E-state index contributed by atoms with van der Waals surface area (Å²) in [7, 11) is 0. The topological polar surface area (TPSA) is 49.4 Å². The third kappa shape index (κ3) is 7.03. The summed E-state index contributed by atoms with van der Waals surface area (Å²) in [5.41, 5.74) is 1.84. The van der Waals surface area contributed by atoms with E-state index in [1.54, 1.807) is 17.0 Å². The molecule has 0 bridgehead atoms. The Morgan fingerprint density at radius 2 is 1.70 bits per heavy atom. The maximum Gasteiger partial charge on any atom is 0.243 e. The standard InChI is InChI=1S/C24H30Cl2N2O2/c1-4-9-23(29)28(16-19-12-13-20(25)21(26)14-19)22(24(30)27-17(3)5-2)15-18-10-7-6-8-11-18/h6-8,10-14,17,22H,4-5,9,15-16H2,1-3H3,(H,27,30)/t17-,22-/m0/s1. The van der Waals surface area contributed by atoms with Crippen molar-refractivity contribution in [3.05, 3.63) is 69.7 Å². The second kappa shape index (κ2) is 12.0. The van der Waals surface area contributed by atoms with Crippen LogP contribution < -0.4 is 5.32 Å². The van der Waals surface area contributed by atoms with E-state index in [2.05, 4.69) is 5.32 Å². The van der Waals surface area contributed by atoms with Crippen molar-refractivity contribution in [2.45, 2.75) is 65.1 Å². The number of hydrogen-bond acceptors (Lipinski definition) is 2. The molecular weight excluding hydrogens is 419 g/mol. The first-order valence-corrected chi connectivity index (χ1v) is 11.2. The molecule has 0 radical (unpaired) electrons. The number of halogens is 2. The average molecular weight is 449 g/mol. The van der Waals surface area contributed by atoms with E-state index in [1.807, 2.05) is 57.2 Å². The first kappa shape index (κ1) is 24.2. The summed E-state index contributed by atoms with van der Waals surface area (Å²) in [6.45, 7) is 6.24. The Morgan fingerprint density at radius 1 is 1.00 bits per heavy atom. The molecule has 0 aliphatic rings. The van der Waals surface area contributed by atoms with Crippen molar-refractivity contribution >= 4 is 35.0 Å². The van der Waals surface area contributed by atoms with Crippen LogP contribution in [0.15, 0.2) is 48.5 Å².